The van der Waals surface area contributed by atoms with Gasteiger partial charge in [-0.2, -0.15) is 13.8 Å². The quantitative estimate of drug-likeness (QED) is 0.322. The fraction of sp³-hybridized carbons (Fsp3) is 0.519. The SMILES string of the molecule is CC(C)N(C(=O)c1cnc(N2C[C@H](c3cc(F)c(F)cc3F)[C@@H](N)C2)nc1)C1CCN(c2nc(C(C)(F)F)no2)CC1. The topological polar surface area (TPSA) is 118 Å². The third kappa shape index (κ3) is 5.87. The first-order chi connectivity index (χ1) is 19.8. The van der Waals surface area contributed by atoms with E-state index in [2.05, 4.69) is 20.1 Å². The fourth-order valence-corrected chi connectivity index (χ4v) is 5.57. The van der Waals surface area contributed by atoms with Crippen LogP contribution in [0.4, 0.5) is 33.9 Å². The second-order valence-electron chi connectivity index (χ2n) is 11.0. The van der Waals surface area contributed by atoms with Crippen LogP contribution in [-0.4, -0.2) is 75.2 Å². The van der Waals surface area contributed by atoms with Gasteiger partial charge in [0.2, 0.25) is 11.8 Å². The summed E-state index contributed by atoms with van der Waals surface area (Å²) < 4.78 is 73.6. The Morgan fingerprint density at radius 2 is 1.69 bits per heavy atom. The van der Waals surface area contributed by atoms with E-state index in [0.29, 0.717) is 38.9 Å². The first kappa shape index (κ1) is 29.6. The Labute approximate surface area is 238 Å². The number of rotatable bonds is 7. The molecule has 2 aliphatic rings. The van der Waals surface area contributed by atoms with Crippen LogP contribution in [0.5, 0.6) is 0 Å². The molecule has 0 spiro atoms. The average Bonchev–Trinajstić information content (AvgIpc) is 3.59. The summed E-state index contributed by atoms with van der Waals surface area (Å²) in [6, 6.07) is 0.504. The summed E-state index contributed by atoms with van der Waals surface area (Å²) in [5, 5.41) is 3.37. The van der Waals surface area contributed by atoms with E-state index < -0.39 is 41.2 Å². The number of amides is 1. The van der Waals surface area contributed by atoms with Gasteiger partial charge in [0, 0.05) is 75.6 Å². The molecule has 2 saturated heterocycles. The van der Waals surface area contributed by atoms with Gasteiger partial charge in [0.15, 0.2) is 11.6 Å². The zero-order valence-electron chi connectivity index (χ0n) is 23.3. The Balaban J connectivity index is 1.24. The summed E-state index contributed by atoms with van der Waals surface area (Å²) >= 11 is 0. The average molecular weight is 595 g/mol. The van der Waals surface area contributed by atoms with Gasteiger partial charge in [-0.15, -0.1) is 0 Å². The van der Waals surface area contributed by atoms with E-state index in [1.165, 1.54) is 12.4 Å². The lowest BCUT2D eigenvalue weighted by Crippen LogP contribution is -2.50. The highest BCUT2D eigenvalue weighted by Crippen LogP contribution is 2.32. The summed E-state index contributed by atoms with van der Waals surface area (Å²) in [4.78, 5) is 31.2. The van der Waals surface area contributed by atoms with E-state index >= 15 is 0 Å². The Hall–Kier alpha value is -3.88. The van der Waals surface area contributed by atoms with Gasteiger partial charge in [0.25, 0.3) is 5.91 Å². The van der Waals surface area contributed by atoms with E-state index in [-0.39, 0.29) is 54.2 Å². The van der Waals surface area contributed by atoms with Crippen molar-refractivity contribution in [3.05, 3.63) is 58.9 Å². The zero-order chi connectivity index (χ0) is 30.3. The number of nitrogens with zero attached hydrogens (tertiary/aromatic N) is 7. The molecule has 2 atom stereocenters. The van der Waals surface area contributed by atoms with Crippen molar-refractivity contribution < 1.29 is 31.3 Å². The highest BCUT2D eigenvalue weighted by Gasteiger charge is 2.37. The van der Waals surface area contributed by atoms with E-state index in [1.54, 1.807) is 14.7 Å². The molecule has 1 amide bonds. The Kier molecular flexibility index (Phi) is 8.05. The number of hydrogen-bond donors (Lipinski definition) is 1. The van der Waals surface area contributed by atoms with Crippen LogP contribution in [0, 0.1) is 17.5 Å². The van der Waals surface area contributed by atoms with Crippen LogP contribution < -0.4 is 15.5 Å². The van der Waals surface area contributed by atoms with Gasteiger partial charge in [-0.25, -0.2) is 23.1 Å². The predicted molar refractivity (Wildman–Crippen MR) is 142 cm³/mol. The van der Waals surface area contributed by atoms with Crippen LogP contribution in [0.3, 0.4) is 0 Å². The number of hydrogen-bond acceptors (Lipinski definition) is 9. The molecule has 226 valence electrons. The second kappa shape index (κ2) is 11.4. The van der Waals surface area contributed by atoms with Crippen molar-refractivity contribution in [3.8, 4) is 0 Å². The molecule has 0 saturated carbocycles. The second-order valence-corrected chi connectivity index (χ2v) is 11.0. The van der Waals surface area contributed by atoms with Crippen molar-refractivity contribution in [1.82, 2.24) is 25.0 Å². The first-order valence-electron chi connectivity index (χ1n) is 13.6. The summed E-state index contributed by atoms with van der Waals surface area (Å²) in [6.07, 6.45) is 3.93. The van der Waals surface area contributed by atoms with Crippen molar-refractivity contribution in [2.24, 2.45) is 5.73 Å². The van der Waals surface area contributed by atoms with Crippen molar-refractivity contribution in [2.75, 3.05) is 36.0 Å². The first-order valence-corrected chi connectivity index (χ1v) is 13.6. The minimum Gasteiger partial charge on any atom is -0.339 e. The van der Waals surface area contributed by atoms with Crippen LogP contribution in [0.15, 0.2) is 29.0 Å². The number of aromatic nitrogens is 4. The van der Waals surface area contributed by atoms with E-state index in [1.807, 2.05) is 13.8 Å². The van der Waals surface area contributed by atoms with E-state index in [9.17, 15) is 26.7 Å². The number of piperidine rings is 1. The highest BCUT2D eigenvalue weighted by molar-refractivity contribution is 5.94. The summed E-state index contributed by atoms with van der Waals surface area (Å²) in [5.41, 5.74) is 6.46. The molecule has 10 nitrogen and oxygen atoms in total. The molecule has 4 heterocycles. The number of carbonyl (C=O) groups is 1. The standard InChI is InChI=1S/C27H31F5N8O2/c1-14(2)40(16-4-6-38(7-5-16)26-36-24(37-42-26)27(3,31)32)23(41)15-10-34-25(35-11-15)39-12-18(22(33)13-39)17-8-20(29)21(30)9-19(17)28/h8-11,14,16,18,22H,4-7,12-13,33H2,1-3H3/t18-,22+/m1/s1. The van der Waals surface area contributed by atoms with Crippen molar-refractivity contribution in [1.29, 1.82) is 0 Å². The summed E-state index contributed by atoms with van der Waals surface area (Å²) in [7, 11) is 0. The fourth-order valence-electron chi connectivity index (χ4n) is 5.57. The van der Waals surface area contributed by atoms with Crippen LogP contribution in [0.1, 0.15) is 61.3 Å². The zero-order valence-corrected chi connectivity index (χ0v) is 23.3. The monoisotopic (exact) mass is 594 g/mol. The van der Waals surface area contributed by atoms with Gasteiger partial charge < -0.3 is 25.0 Å². The van der Waals surface area contributed by atoms with Crippen molar-refractivity contribution in [2.45, 2.75) is 63.6 Å². The molecule has 5 rings (SSSR count). The lowest BCUT2D eigenvalue weighted by Gasteiger charge is -2.40. The van der Waals surface area contributed by atoms with E-state index in [4.69, 9.17) is 10.3 Å². The predicted octanol–water partition coefficient (Wildman–Crippen LogP) is 3.84. The molecule has 0 aliphatic carbocycles. The van der Waals surface area contributed by atoms with Crippen molar-refractivity contribution in [3.63, 3.8) is 0 Å². The van der Waals surface area contributed by atoms with Crippen LogP contribution >= 0.6 is 0 Å². The molecule has 2 aromatic heterocycles. The molecule has 2 aliphatic heterocycles. The number of nitrogens with two attached hydrogens (primary N) is 1. The Bertz CT molecular complexity index is 1420. The van der Waals surface area contributed by atoms with Gasteiger partial charge in [-0.3, -0.25) is 4.79 Å². The maximum atomic E-state index is 14.4. The molecule has 3 aromatic rings. The lowest BCUT2D eigenvalue weighted by atomic mass is 9.94. The number of halogens is 5. The van der Waals surface area contributed by atoms with Crippen LogP contribution in [0.2, 0.25) is 0 Å². The number of anilines is 2. The van der Waals surface area contributed by atoms with Gasteiger partial charge in [-0.05, 0) is 38.3 Å². The minimum atomic E-state index is -3.21. The number of benzene rings is 1. The largest absolute Gasteiger partial charge is 0.339 e. The third-order valence-electron chi connectivity index (χ3n) is 7.70. The molecule has 1 aromatic carbocycles. The molecule has 0 unspecified atom stereocenters. The Morgan fingerprint density at radius 3 is 2.29 bits per heavy atom. The van der Waals surface area contributed by atoms with Gasteiger partial charge in [-0.1, -0.05) is 5.16 Å². The van der Waals surface area contributed by atoms with Gasteiger partial charge >= 0.3 is 11.9 Å². The summed E-state index contributed by atoms with van der Waals surface area (Å²) in [5.74, 6) is -7.78. The number of carbonyl (C=O) groups excluding carboxylic acids is 1. The molecule has 2 N–H and O–H groups in total. The Morgan fingerprint density at radius 1 is 1.05 bits per heavy atom. The lowest BCUT2D eigenvalue weighted by molar-refractivity contribution is 0.00558. The van der Waals surface area contributed by atoms with Crippen molar-refractivity contribution >= 4 is 17.9 Å². The van der Waals surface area contributed by atoms with Crippen LogP contribution in [0.25, 0.3) is 0 Å². The summed E-state index contributed by atoms with van der Waals surface area (Å²) in [6.45, 7) is 5.80. The smallest absolute Gasteiger partial charge is 0.324 e. The normalized spacial score (nSPS) is 20.0. The minimum absolute atomic E-state index is 0.0165. The van der Waals surface area contributed by atoms with E-state index in [0.717, 1.165) is 6.07 Å². The molecular weight excluding hydrogens is 563 g/mol. The molecule has 15 heteroatoms. The molecule has 2 fully saturated rings. The molecule has 0 bridgehead atoms. The van der Waals surface area contributed by atoms with Gasteiger partial charge in [0.1, 0.15) is 5.82 Å². The van der Waals surface area contributed by atoms with Crippen LogP contribution in [-0.2, 0) is 5.92 Å². The highest BCUT2D eigenvalue weighted by atomic mass is 19.3. The maximum Gasteiger partial charge on any atom is 0.324 e. The maximum absolute atomic E-state index is 14.4. The van der Waals surface area contributed by atoms with Gasteiger partial charge in [0.05, 0.1) is 5.56 Å². The molecule has 0 radical (unpaired) electrons. The molecular formula is C27H31F5N8O2. The molecule has 42 heavy (non-hydrogen) atoms. The third-order valence-corrected chi connectivity index (χ3v) is 7.70. The number of alkyl halides is 2.